The van der Waals surface area contributed by atoms with E-state index >= 15 is 0 Å². The highest BCUT2D eigenvalue weighted by atomic mass is 35.5. The number of ether oxygens (including phenoxy) is 4. The van der Waals surface area contributed by atoms with Gasteiger partial charge in [0.05, 0.1) is 17.9 Å². The van der Waals surface area contributed by atoms with Crippen LogP contribution in [-0.4, -0.2) is 42.1 Å². The number of rotatable bonds is 2. The Bertz CT molecular complexity index is 441. The molecule has 0 aromatic carbocycles. The summed E-state index contributed by atoms with van der Waals surface area (Å²) in [4.78, 5) is 22.4. The quantitative estimate of drug-likeness (QED) is 0.564. The van der Waals surface area contributed by atoms with Crippen molar-refractivity contribution in [1.82, 2.24) is 0 Å². The van der Waals surface area contributed by atoms with Gasteiger partial charge in [0.25, 0.3) is 0 Å². The topological polar surface area (TPSA) is 71.1 Å². The predicted molar refractivity (Wildman–Crippen MR) is 66.7 cm³/mol. The van der Waals surface area contributed by atoms with Gasteiger partial charge in [0.15, 0.2) is 11.9 Å². The normalized spacial score (nSPS) is 45.9. The van der Waals surface area contributed by atoms with Crippen molar-refractivity contribution >= 4 is 23.5 Å². The monoisotopic (exact) mass is 304 g/mol. The van der Waals surface area contributed by atoms with Crippen molar-refractivity contribution in [3.63, 3.8) is 0 Å². The first-order chi connectivity index (χ1) is 9.42. The van der Waals surface area contributed by atoms with Crippen LogP contribution in [0.4, 0.5) is 0 Å². The Morgan fingerprint density at radius 1 is 1.25 bits per heavy atom. The lowest BCUT2D eigenvalue weighted by Gasteiger charge is -2.37. The Morgan fingerprint density at radius 3 is 2.65 bits per heavy atom. The minimum absolute atomic E-state index is 0.0966. The molecule has 112 valence electrons. The van der Waals surface area contributed by atoms with Crippen LogP contribution in [0.5, 0.6) is 0 Å². The molecule has 2 saturated heterocycles. The summed E-state index contributed by atoms with van der Waals surface area (Å²) in [7, 11) is 0. The highest BCUT2D eigenvalue weighted by Gasteiger charge is 2.67. The zero-order valence-corrected chi connectivity index (χ0v) is 12.1. The standard InChI is InChI=1S/C13H17ClO6/c1-6(15)18-10-4-8-3-9(14)13(20-7(2)16)5-17-12(19-10)11(8)13/h8-12H,3-5H2,1-2H3/t8-,9-,10+,11-,12+,13+/m1/s1. The summed E-state index contributed by atoms with van der Waals surface area (Å²) in [6.07, 6.45) is 0.0895. The number of alkyl halides is 1. The predicted octanol–water partition coefficient (Wildman–Crippen LogP) is 1.20. The molecule has 3 fully saturated rings. The largest absolute Gasteiger partial charge is 0.455 e. The average Bonchev–Trinajstić information content (AvgIpc) is 2.79. The van der Waals surface area contributed by atoms with E-state index < -0.39 is 24.2 Å². The first kappa shape index (κ1) is 14.1. The van der Waals surface area contributed by atoms with Gasteiger partial charge in [-0.05, 0) is 12.3 Å². The molecule has 0 bridgehead atoms. The van der Waals surface area contributed by atoms with Crippen molar-refractivity contribution in [2.75, 3.05) is 6.61 Å². The van der Waals surface area contributed by atoms with E-state index in [0.717, 1.165) is 0 Å². The molecule has 0 spiro atoms. The molecule has 2 heterocycles. The molecule has 2 aliphatic heterocycles. The van der Waals surface area contributed by atoms with Gasteiger partial charge in [-0.25, -0.2) is 0 Å². The smallest absolute Gasteiger partial charge is 0.304 e. The summed E-state index contributed by atoms with van der Waals surface area (Å²) >= 11 is 6.41. The molecular formula is C13H17ClO6. The first-order valence-corrected chi connectivity index (χ1v) is 7.14. The van der Waals surface area contributed by atoms with Crippen LogP contribution >= 0.6 is 11.6 Å². The van der Waals surface area contributed by atoms with Gasteiger partial charge >= 0.3 is 11.9 Å². The van der Waals surface area contributed by atoms with E-state index in [2.05, 4.69) is 0 Å². The fourth-order valence-electron chi connectivity index (χ4n) is 3.68. The van der Waals surface area contributed by atoms with Crippen LogP contribution in [0, 0.1) is 11.8 Å². The third-order valence-corrected chi connectivity index (χ3v) is 4.84. The lowest BCUT2D eigenvalue weighted by atomic mass is 9.84. The summed E-state index contributed by atoms with van der Waals surface area (Å²) < 4.78 is 21.9. The molecule has 3 rings (SSSR count). The fraction of sp³-hybridized carbons (Fsp3) is 0.846. The molecule has 0 aromatic rings. The number of carbonyl (C=O) groups is 2. The molecule has 7 heteroatoms. The highest BCUT2D eigenvalue weighted by molar-refractivity contribution is 6.21. The van der Waals surface area contributed by atoms with E-state index in [4.69, 9.17) is 30.5 Å². The second kappa shape index (κ2) is 4.86. The van der Waals surface area contributed by atoms with Crippen LogP contribution in [0.2, 0.25) is 0 Å². The number of halogens is 1. The van der Waals surface area contributed by atoms with Crippen molar-refractivity contribution in [2.45, 2.75) is 50.2 Å². The maximum Gasteiger partial charge on any atom is 0.304 e. The van der Waals surface area contributed by atoms with Gasteiger partial charge in [0.2, 0.25) is 6.29 Å². The summed E-state index contributed by atoms with van der Waals surface area (Å²) in [6.45, 7) is 2.93. The number of hydrogen-bond acceptors (Lipinski definition) is 6. The van der Waals surface area contributed by atoms with Crippen molar-refractivity contribution in [1.29, 1.82) is 0 Å². The Kier molecular flexibility index (Phi) is 3.43. The van der Waals surface area contributed by atoms with Gasteiger partial charge in [0.1, 0.15) is 0 Å². The first-order valence-electron chi connectivity index (χ1n) is 6.70. The van der Waals surface area contributed by atoms with E-state index in [9.17, 15) is 9.59 Å². The number of hydrogen-bond donors (Lipinski definition) is 0. The molecule has 3 aliphatic rings. The van der Waals surface area contributed by atoms with Crippen molar-refractivity contribution in [3.05, 3.63) is 0 Å². The Balaban J connectivity index is 1.81. The number of esters is 2. The third-order valence-electron chi connectivity index (χ3n) is 4.29. The summed E-state index contributed by atoms with van der Waals surface area (Å²) in [5, 5.41) is -0.314. The molecule has 1 aliphatic carbocycles. The highest BCUT2D eigenvalue weighted by Crippen LogP contribution is 2.56. The molecule has 1 saturated carbocycles. The van der Waals surface area contributed by atoms with Crippen LogP contribution in [-0.2, 0) is 28.5 Å². The lowest BCUT2D eigenvalue weighted by Crippen LogP contribution is -2.49. The van der Waals surface area contributed by atoms with E-state index in [0.29, 0.717) is 12.8 Å². The van der Waals surface area contributed by atoms with Gasteiger partial charge < -0.3 is 18.9 Å². The zero-order valence-electron chi connectivity index (χ0n) is 11.3. The van der Waals surface area contributed by atoms with Crippen LogP contribution in [0.15, 0.2) is 0 Å². The fourth-order valence-corrected chi connectivity index (χ4v) is 4.17. The third kappa shape index (κ3) is 2.10. The van der Waals surface area contributed by atoms with Gasteiger partial charge in [0, 0.05) is 20.3 Å². The summed E-state index contributed by atoms with van der Waals surface area (Å²) in [6, 6.07) is 0. The average molecular weight is 305 g/mol. The maximum atomic E-state index is 11.4. The molecule has 0 amide bonds. The lowest BCUT2D eigenvalue weighted by molar-refractivity contribution is -0.268. The van der Waals surface area contributed by atoms with Crippen LogP contribution in [0.25, 0.3) is 0 Å². The van der Waals surface area contributed by atoms with E-state index in [-0.39, 0.29) is 29.8 Å². The summed E-state index contributed by atoms with van der Waals surface area (Å²) in [5.41, 5.74) is -0.816. The van der Waals surface area contributed by atoms with Gasteiger partial charge in [-0.2, -0.15) is 0 Å². The minimum Gasteiger partial charge on any atom is -0.455 e. The molecule has 20 heavy (non-hydrogen) atoms. The second-order valence-corrected chi connectivity index (χ2v) is 6.15. The van der Waals surface area contributed by atoms with Gasteiger partial charge in [-0.3, -0.25) is 9.59 Å². The summed E-state index contributed by atoms with van der Waals surface area (Å²) in [5.74, 6) is -0.705. The van der Waals surface area contributed by atoms with Crippen LogP contribution in [0.3, 0.4) is 0 Å². The molecule has 0 N–H and O–H groups in total. The van der Waals surface area contributed by atoms with E-state index in [1.807, 2.05) is 0 Å². The van der Waals surface area contributed by atoms with Gasteiger partial charge in [-0.15, -0.1) is 11.6 Å². The zero-order chi connectivity index (χ0) is 14.5. The molecule has 6 nitrogen and oxygen atoms in total. The minimum atomic E-state index is -0.816. The molecule has 0 unspecified atom stereocenters. The van der Waals surface area contributed by atoms with Crippen LogP contribution < -0.4 is 0 Å². The van der Waals surface area contributed by atoms with Crippen molar-refractivity contribution in [3.8, 4) is 0 Å². The SMILES string of the molecule is CC(=O)O[C@@H]1C[C@H]2C[C@@H](Cl)[C@@]3(OC(C)=O)CO[C@@H](O1)[C@@H]23. The van der Waals surface area contributed by atoms with E-state index in [1.165, 1.54) is 13.8 Å². The molecule has 0 aromatic heterocycles. The number of carbonyl (C=O) groups excluding carboxylic acids is 2. The molecule has 6 atom stereocenters. The Hall–Kier alpha value is -0.850. The van der Waals surface area contributed by atoms with E-state index in [1.54, 1.807) is 0 Å². The van der Waals surface area contributed by atoms with Crippen molar-refractivity contribution < 1.29 is 28.5 Å². The van der Waals surface area contributed by atoms with Crippen LogP contribution in [0.1, 0.15) is 26.7 Å². The van der Waals surface area contributed by atoms with Gasteiger partial charge in [-0.1, -0.05) is 0 Å². The molecular weight excluding hydrogens is 288 g/mol. The van der Waals surface area contributed by atoms with Crippen molar-refractivity contribution in [2.24, 2.45) is 11.8 Å². The second-order valence-electron chi connectivity index (χ2n) is 5.63. The molecule has 0 radical (unpaired) electrons. The Morgan fingerprint density at radius 2 is 2.00 bits per heavy atom. The maximum absolute atomic E-state index is 11.4. The Labute approximate surface area is 121 Å².